The fourth-order valence-corrected chi connectivity index (χ4v) is 3.17. The molecule has 0 aliphatic carbocycles. The summed E-state index contributed by atoms with van der Waals surface area (Å²) >= 11 is 0. The van der Waals surface area contributed by atoms with Crippen LogP contribution in [-0.2, 0) is 9.53 Å². The summed E-state index contributed by atoms with van der Waals surface area (Å²) in [6.45, 7) is 5.35. The van der Waals surface area contributed by atoms with E-state index in [1.54, 1.807) is 39.0 Å². The third kappa shape index (κ3) is 3.26. The summed E-state index contributed by atoms with van der Waals surface area (Å²) in [5, 5.41) is 21.0. The van der Waals surface area contributed by atoms with Crippen LogP contribution in [0.5, 0.6) is 5.75 Å². The Morgan fingerprint density at radius 1 is 1.08 bits per heavy atom. The molecule has 3 rings (SSSR count). The number of aromatic hydroxyl groups is 1. The van der Waals surface area contributed by atoms with Gasteiger partial charge in [0.05, 0.1) is 11.6 Å². The predicted molar refractivity (Wildman–Crippen MR) is 100 cm³/mol. The van der Waals surface area contributed by atoms with Gasteiger partial charge in [0.1, 0.15) is 5.75 Å². The number of pyridine rings is 1. The Kier molecular flexibility index (Phi) is 4.91. The molecule has 2 aromatic carbocycles. The van der Waals surface area contributed by atoms with Gasteiger partial charge in [-0.15, -0.1) is 0 Å². The van der Waals surface area contributed by atoms with Crippen molar-refractivity contribution in [1.82, 2.24) is 4.98 Å². The maximum Gasteiger partial charge on any atom is 0.337 e. The Balaban J connectivity index is 2.42. The SMILES string of the molecule is Cc1nc2ccccc2c(-c2ccccc2O)c1C(OC(C)C)C(=O)O. The van der Waals surface area contributed by atoms with Crippen LogP contribution >= 0.6 is 0 Å². The minimum Gasteiger partial charge on any atom is -0.507 e. The number of phenols is 1. The third-order valence-corrected chi connectivity index (χ3v) is 4.19. The fourth-order valence-electron chi connectivity index (χ4n) is 3.17. The van der Waals surface area contributed by atoms with Crippen molar-refractivity contribution >= 4 is 16.9 Å². The number of carboxylic acids is 1. The smallest absolute Gasteiger partial charge is 0.337 e. The summed E-state index contributed by atoms with van der Waals surface area (Å²) in [6, 6.07) is 14.4. The molecule has 0 aliphatic rings. The van der Waals surface area contributed by atoms with Crippen molar-refractivity contribution in [1.29, 1.82) is 0 Å². The first kappa shape index (κ1) is 17.9. The maximum absolute atomic E-state index is 12.0. The van der Waals surface area contributed by atoms with E-state index in [1.165, 1.54) is 0 Å². The molecule has 0 fully saturated rings. The minimum absolute atomic E-state index is 0.0817. The van der Waals surface area contributed by atoms with Crippen LogP contribution in [-0.4, -0.2) is 27.3 Å². The van der Waals surface area contributed by atoms with Gasteiger partial charge in [0.25, 0.3) is 0 Å². The van der Waals surface area contributed by atoms with Crippen LogP contribution in [0.25, 0.3) is 22.0 Å². The number of ether oxygens (including phenoxy) is 1. The number of aryl methyl sites for hydroxylation is 1. The van der Waals surface area contributed by atoms with E-state index >= 15 is 0 Å². The Bertz CT molecular complexity index is 965. The van der Waals surface area contributed by atoms with E-state index in [1.807, 2.05) is 30.3 Å². The van der Waals surface area contributed by atoms with Crippen LogP contribution in [0.3, 0.4) is 0 Å². The Hall–Kier alpha value is -2.92. The van der Waals surface area contributed by atoms with Gasteiger partial charge >= 0.3 is 5.97 Å². The zero-order valence-electron chi connectivity index (χ0n) is 14.9. The van der Waals surface area contributed by atoms with Gasteiger partial charge in [-0.2, -0.15) is 0 Å². The van der Waals surface area contributed by atoms with E-state index in [-0.39, 0.29) is 11.9 Å². The summed E-state index contributed by atoms with van der Waals surface area (Å²) in [6.07, 6.45) is -1.46. The Morgan fingerprint density at radius 2 is 1.73 bits per heavy atom. The molecule has 0 saturated heterocycles. The molecule has 3 aromatic rings. The first-order valence-electron chi connectivity index (χ1n) is 8.46. The average molecular weight is 351 g/mol. The van der Waals surface area contributed by atoms with E-state index in [0.717, 1.165) is 10.9 Å². The van der Waals surface area contributed by atoms with Gasteiger partial charge in [-0.3, -0.25) is 4.98 Å². The summed E-state index contributed by atoms with van der Waals surface area (Å²) in [5.74, 6) is -1.01. The minimum atomic E-state index is -1.18. The molecule has 5 heteroatoms. The standard InChI is InChI=1S/C21H21NO4/c1-12(2)26-20(21(24)25)18-13(3)22-16-10-6-4-8-14(16)19(18)15-9-5-7-11-17(15)23/h4-12,20,23H,1-3H3,(H,24,25). The highest BCUT2D eigenvalue weighted by Crippen LogP contribution is 2.41. The van der Waals surface area contributed by atoms with Crippen LogP contribution in [0.2, 0.25) is 0 Å². The zero-order chi connectivity index (χ0) is 18.8. The molecule has 0 radical (unpaired) electrons. The van der Waals surface area contributed by atoms with Crippen molar-refractivity contribution in [3.05, 3.63) is 59.8 Å². The predicted octanol–water partition coefficient (Wildman–Crippen LogP) is 4.47. The Labute approximate surface area is 151 Å². The van der Waals surface area contributed by atoms with E-state index in [2.05, 4.69) is 4.98 Å². The lowest BCUT2D eigenvalue weighted by atomic mass is 9.90. The largest absolute Gasteiger partial charge is 0.507 e. The molecule has 26 heavy (non-hydrogen) atoms. The lowest BCUT2D eigenvalue weighted by Gasteiger charge is -2.23. The molecule has 5 nitrogen and oxygen atoms in total. The average Bonchev–Trinajstić information content (AvgIpc) is 2.59. The molecule has 1 atom stereocenters. The number of hydrogen-bond donors (Lipinski definition) is 2. The van der Waals surface area contributed by atoms with Gasteiger partial charge in [-0.05, 0) is 32.9 Å². The number of carboxylic acid groups (broad SMARTS) is 1. The number of carbonyl (C=O) groups is 1. The van der Waals surface area contributed by atoms with Crippen LogP contribution in [0.15, 0.2) is 48.5 Å². The molecule has 1 aromatic heterocycles. The molecule has 0 amide bonds. The number of hydrogen-bond acceptors (Lipinski definition) is 4. The van der Waals surface area contributed by atoms with E-state index in [9.17, 15) is 15.0 Å². The Morgan fingerprint density at radius 3 is 2.38 bits per heavy atom. The van der Waals surface area contributed by atoms with Crippen molar-refractivity contribution < 1.29 is 19.7 Å². The molecular weight excluding hydrogens is 330 g/mol. The number of aromatic nitrogens is 1. The molecule has 0 saturated carbocycles. The molecule has 134 valence electrons. The second-order valence-corrected chi connectivity index (χ2v) is 6.42. The van der Waals surface area contributed by atoms with Crippen LogP contribution in [0.4, 0.5) is 0 Å². The number of rotatable bonds is 5. The van der Waals surface area contributed by atoms with Crippen molar-refractivity contribution in [2.24, 2.45) is 0 Å². The van der Waals surface area contributed by atoms with Gasteiger partial charge in [0.2, 0.25) is 0 Å². The van der Waals surface area contributed by atoms with Crippen LogP contribution in [0.1, 0.15) is 31.2 Å². The highest BCUT2D eigenvalue weighted by molar-refractivity contribution is 5.99. The third-order valence-electron chi connectivity index (χ3n) is 4.19. The summed E-state index contributed by atoms with van der Waals surface area (Å²) < 4.78 is 5.71. The maximum atomic E-state index is 12.0. The molecular formula is C21H21NO4. The number of phenolic OH excluding ortho intramolecular Hbond substituents is 1. The first-order chi connectivity index (χ1) is 12.4. The monoisotopic (exact) mass is 351 g/mol. The van der Waals surface area contributed by atoms with Gasteiger partial charge < -0.3 is 14.9 Å². The lowest BCUT2D eigenvalue weighted by Crippen LogP contribution is -2.21. The summed E-state index contributed by atoms with van der Waals surface area (Å²) in [7, 11) is 0. The second kappa shape index (κ2) is 7.14. The number of fused-ring (bicyclic) bond motifs is 1. The second-order valence-electron chi connectivity index (χ2n) is 6.42. The summed E-state index contributed by atoms with van der Waals surface area (Å²) in [5.41, 5.74) is 2.96. The van der Waals surface area contributed by atoms with Crippen LogP contribution < -0.4 is 0 Å². The molecule has 0 aliphatic heterocycles. The quantitative estimate of drug-likeness (QED) is 0.709. The zero-order valence-corrected chi connectivity index (χ0v) is 14.9. The van der Waals surface area contributed by atoms with E-state index < -0.39 is 12.1 Å². The molecule has 1 heterocycles. The van der Waals surface area contributed by atoms with Crippen LogP contribution in [0, 0.1) is 6.92 Å². The highest BCUT2D eigenvalue weighted by Gasteiger charge is 2.30. The van der Waals surface area contributed by atoms with Gasteiger partial charge in [-0.25, -0.2) is 4.79 Å². The lowest BCUT2D eigenvalue weighted by molar-refractivity contribution is -0.153. The number of benzene rings is 2. The molecule has 0 bridgehead atoms. The topological polar surface area (TPSA) is 79.7 Å². The van der Waals surface area contributed by atoms with E-state index in [4.69, 9.17) is 4.74 Å². The van der Waals surface area contributed by atoms with Gasteiger partial charge in [0, 0.05) is 27.8 Å². The molecule has 2 N–H and O–H groups in total. The molecule has 0 spiro atoms. The van der Waals surface area contributed by atoms with Gasteiger partial charge in [-0.1, -0.05) is 36.4 Å². The van der Waals surface area contributed by atoms with Crippen molar-refractivity contribution in [3.63, 3.8) is 0 Å². The molecule has 1 unspecified atom stereocenters. The normalized spacial score (nSPS) is 12.5. The number of aliphatic carboxylic acids is 1. The van der Waals surface area contributed by atoms with Crippen molar-refractivity contribution in [3.8, 4) is 16.9 Å². The number of para-hydroxylation sites is 2. The number of nitrogens with zero attached hydrogens (tertiary/aromatic N) is 1. The fraction of sp³-hybridized carbons (Fsp3) is 0.238. The summed E-state index contributed by atoms with van der Waals surface area (Å²) in [4.78, 5) is 16.6. The van der Waals surface area contributed by atoms with Crippen molar-refractivity contribution in [2.45, 2.75) is 33.0 Å². The van der Waals surface area contributed by atoms with Crippen molar-refractivity contribution in [2.75, 3.05) is 0 Å². The first-order valence-corrected chi connectivity index (χ1v) is 8.46. The van der Waals surface area contributed by atoms with Gasteiger partial charge in [0.15, 0.2) is 6.10 Å². The highest BCUT2D eigenvalue weighted by atomic mass is 16.5. The van der Waals surface area contributed by atoms with E-state index in [0.29, 0.717) is 22.4 Å².